The van der Waals surface area contributed by atoms with Crippen molar-refractivity contribution in [2.24, 2.45) is 0 Å². The van der Waals surface area contributed by atoms with E-state index < -0.39 is 15.3 Å². The van der Waals surface area contributed by atoms with Crippen molar-refractivity contribution in [1.29, 1.82) is 0 Å². The maximum atomic E-state index is 3.36. The van der Waals surface area contributed by atoms with Crippen molar-refractivity contribution < 1.29 is 0 Å². The van der Waals surface area contributed by atoms with Gasteiger partial charge in [0.05, 0.1) is 0 Å². The summed E-state index contributed by atoms with van der Waals surface area (Å²) in [5, 5.41) is 3.26. The molecule has 0 aliphatic rings. The molecule has 0 aromatic carbocycles. The Morgan fingerprint density at radius 2 is 1.36 bits per heavy atom. The van der Waals surface area contributed by atoms with Gasteiger partial charge in [0.2, 0.25) is 0 Å². The predicted molar refractivity (Wildman–Crippen MR) is 62.1 cm³/mol. The fourth-order valence-corrected chi connectivity index (χ4v) is 3.44. The summed E-state index contributed by atoms with van der Waals surface area (Å²) < 4.78 is 0. The summed E-state index contributed by atoms with van der Waals surface area (Å²) in [5.74, 6) is 0. The summed E-state index contributed by atoms with van der Waals surface area (Å²) >= 11 is 1.87. The van der Waals surface area contributed by atoms with Gasteiger partial charge in [-0.15, -0.1) is 16.8 Å². The fourth-order valence-electron chi connectivity index (χ4n) is 0.332. The predicted octanol–water partition coefficient (Wildman–Crippen LogP) is 3.39. The van der Waals surface area contributed by atoms with Gasteiger partial charge in [-0.1, -0.05) is 39.3 Å². The minimum Gasteiger partial charge on any atom is -0.121 e. The minimum absolute atomic E-state index is 0.992. The molecule has 64 valence electrons. The fraction of sp³-hybridized carbons (Fsp3) is 0.750. The van der Waals surface area contributed by atoms with E-state index in [0.717, 1.165) is 0 Å². The Morgan fingerprint density at radius 3 is 1.64 bits per heavy atom. The van der Waals surface area contributed by atoms with Crippen molar-refractivity contribution in [3.8, 4) is 10.8 Å². The smallest absolute Gasteiger partial charge is 0.121 e. The first-order chi connectivity index (χ1) is 4.71. The number of rotatable bonds is 1. The van der Waals surface area contributed by atoms with Crippen molar-refractivity contribution in [2.45, 2.75) is 39.3 Å². The van der Waals surface area contributed by atoms with Crippen LogP contribution in [-0.2, 0) is 0 Å². The minimum atomic E-state index is -1.12. The van der Waals surface area contributed by atoms with Gasteiger partial charge in [0, 0.05) is 0 Å². The molecule has 0 aromatic rings. The second-order valence-corrected chi connectivity index (χ2v) is 18.4. The Hall–Kier alpha value is 0.344. The molecule has 0 atom stereocenters. The van der Waals surface area contributed by atoms with Crippen molar-refractivity contribution in [2.75, 3.05) is 0 Å². The molecule has 0 spiro atoms. The van der Waals surface area contributed by atoms with E-state index in [2.05, 4.69) is 50.1 Å². The van der Waals surface area contributed by atoms with E-state index in [0.29, 0.717) is 0 Å². The van der Waals surface area contributed by atoms with E-state index in [-0.39, 0.29) is 0 Å². The van der Waals surface area contributed by atoms with Gasteiger partial charge >= 0.3 is 0 Å². The first kappa shape index (κ1) is 11.3. The van der Waals surface area contributed by atoms with E-state index in [4.69, 9.17) is 0 Å². The quantitative estimate of drug-likeness (QED) is 0.464. The van der Waals surface area contributed by atoms with Crippen molar-refractivity contribution in [3.05, 3.63) is 0 Å². The van der Waals surface area contributed by atoms with Crippen LogP contribution in [0.25, 0.3) is 0 Å². The number of hydrogen-bond donors (Lipinski definition) is 0. The Kier molecular flexibility index (Phi) is 3.96. The van der Waals surface area contributed by atoms with Gasteiger partial charge in [0.15, 0.2) is 0 Å². The lowest BCUT2D eigenvalue weighted by atomic mass is 11.4. The summed E-state index contributed by atoms with van der Waals surface area (Å²) in [6.45, 7) is 13.8. The van der Waals surface area contributed by atoms with Gasteiger partial charge in [-0.3, -0.25) is 0 Å². The molecule has 0 amide bonds. The molecule has 0 aliphatic carbocycles. The second kappa shape index (κ2) is 3.84. The summed E-state index contributed by atoms with van der Waals surface area (Å²) in [6.07, 6.45) is 0. The SMILES string of the molecule is C[Si](C)(C)C#CS[Si](C)(C)C. The topological polar surface area (TPSA) is 0 Å². The highest BCUT2D eigenvalue weighted by Crippen LogP contribution is 2.17. The standard InChI is InChI=1S/C8H18SSi2/c1-10(2,3)8-7-9-11(4,5)6/h1-6H3. The molecule has 0 bridgehead atoms. The van der Waals surface area contributed by atoms with Crippen molar-refractivity contribution >= 4 is 26.5 Å². The average molecular weight is 202 g/mol. The van der Waals surface area contributed by atoms with Crippen LogP contribution in [-0.4, -0.2) is 15.3 Å². The highest BCUT2D eigenvalue weighted by molar-refractivity contribution is 8.32. The molecule has 0 aliphatic heterocycles. The van der Waals surface area contributed by atoms with Crippen LogP contribution in [0.5, 0.6) is 0 Å². The van der Waals surface area contributed by atoms with Gasteiger partial charge in [-0.2, -0.15) is 0 Å². The molecule has 0 aromatic heterocycles. The van der Waals surface area contributed by atoms with Crippen molar-refractivity contribution in [3.63, 3.8) is 0 Å². The van der Waals surface area contributed by atoms with Crippen LogP contribution in [0.1, 0.15) is 0 Å². The summed E-state index contributed by atoms with van der Waals surface area (Å²) in [5.41, 5.74) is 3.36. The normalized spacial score (nSPS) is 12.2. The van der Waals surface area contributed by atoms with E-state index in [1.54, 1.807) is 0 Å². The van der Waals surface area contributed by atoms with Crippen LogP contribution in [0, 0.1) is 10.8 Å². The highest BCUT2D eigenvalue weighted by Gasteiger charge is 2.13. The Morgan fingerprint density at radius 1 is 0.909 bits per heavy atom. The second-order valence-electron chi connectivity index (χ2n) is 4.69. The lowest BCUT2D eigenvalue weighted by molar-refractivity contribution is 1.82. The van der Waals surface area contributed by atoms with Crippen LogP contribution in [0.3, 0.4) is 0 Å². The van der Waals surface area contributed by atoms with Gasteiger partial charge in [0.1, 0.15) is 15.3 Å². The Balaban J connectivity index is 3.94. The van der Waals surface area contributed by atoms with Crippen LogP contribution in [0.15, 0.2) is 0 Å². The molecule has 3 heteroatoms. The van der Waals surface area contributed by atoms with Gasteiger partial charge in [0.25, 0.3) is 0 Å². The molecule has 0 rings (SSSR count). The lowest BCUT2D eigenvalue weighted by Crippen LogP contribution is -2.17. The molecule has 0 heterocycles. The Bertz CT molecular complexity index is 175. The molecular formula is C8H18SSi2. The maximum absolute atomic E-state index is 3.36. The third-order valence-electron chi connectivity index (χ3n) is 0.783. The van der Waals surface area contributed by atoms with Gasteiger partial charge in [-0.05, 0) is 5.25 Å². The molecule has 0 unspecified atom stereocenters. The molecule has 0 fully saturated rings. The molecule has 11 heavy (non-hydrogen) atoms. The summed E-state index contributed by atoms with van der Waals surface area (Å²) in [7, 11) is -2.11. The Labute approximate surface area is 76.8 Å². The van der Waals surface area contributed by atoms with Crippen LogP contribution in [0.4, 0.5) is 0 Å². The first-order valence-corrected chi connectivity index (χ1v) is 12.4. The summed E-state index contributed by atoms with van der Waals surface area (Å²) in [4.78, 5) is 0. The van der Waals surface area contributed by atoms with Gasteiger partial charge < -0.3 is 0 Å². The first-order valence-electron chi connectivity index (χ1n) is 3.91. The van der Waals surface area contributed by atoms with E-state index in [1.165, 1.54) is 0 Å². The molecule has 0 saturated carbocycles. The summed E-state index contributed by atoms with van der Waals surface area (Å²) in [6, 6.07) is 0. The highest BCUT2D eigenvalue weighted by atomic mass is 32.4. The van der Waals surface area contributed by atoms with Gasteiger partial charge in [-0.25, -0.2) is 0 Å². The van der Waals surface area contributed by atoms with E-state index >= 15 is 0 Å². The molecule has 0 N–H and O–H groups in total. The van der Waals surface area contributed by atoms with Crippen LogP contribution in [0.2, 0.25) is 39.3 Å². The monoisotopic (exact) mass is 202 g/mol. The number of hydrogen-bond acceptors (Lipinski definition) is 1. The lowest BCUT2D eigenvalue weighted by Gasteiger charge is -2.09. The third kappa shape index (κ3) is 10.3. The van der Waals surface area contributed by atoms with Crippen LogP contribution >= 0.6 is 11.2 Å². The van der Waals surface area contributed by atoms with Crippen LogP contribution < -0.4 is 0 Å². The molecule has 0 saturated heterocycles. The van der Waals surface area contributed by atoms with E-state index in [9.17, 15) is 0 Å². The molecule has 0 nitrogen and oxygen atoms in total. The molecule has 0 radical (unpaired) electrons. The van der Waals surface area contributed by atoms with E-state index in [1.807, 2.05) is 11.2 Å². The van der Waals surface area contributed by atoms with Crippen molar-refractivity contribution in [1.82, 2.24) is 0 Å². The third-order valence-corrected chi connectivity index (χ3v) is 4.80. The average Bonchev–Trinajstić information content (AvgIpc) is 1.55. The zero-order chi connectivity index (χ0) is 9.12. The largest absolute Gasteiger partial charge is 0.130 e. The molecular weight excluding hydrogens is 184 g/mol. The maximum Gasteiger partial charge on any atom is 0.130 e. The zero-order valence-corrected chi connectivity index (χ0v) is 11.2. The zero-order valence-electron chi connectivity index (χ0n) is 8.41.